The molecule has 5 N–H and O–H groups in total. The molecule has 5 rings (SSSR count). The van der Waals surface area contributed by atoms with Gasteiger partial charge < -0.3 is 21.3 Å². The number of carbonyl (C=O) groups excluding carboxylic acids is 2. The number of aryl methyl sites for hydroxylation is 2. The maximum Gasteiger partial charge on any atom is 0.266 e. The van der Waals surface area contributed by atoms with Crippen molar-refractivity contribution in [2.75, 3.05) is 22.1 Å². The largest absolute Gasteiger partial charge is 0.364 e. The maximum absolute atomic E-state index is 13.1. The van der Waals surface area contributed by atoms with E-state index in [1.165, 1.54) is 17.4 Å². The number of aromatic amines is 1. The summed E-state index contributed by atoms with van der Waals surface area (Å²) in [4.78, 5) is 36.5. The summed E-state index contributed by atoms with van der Waals surface area (Å²) in [6.07, 6.45) is 3.33. The summed E-state index contributed by atoms with van der Waals surface area (Å²) >= 11 is 1.46. The van der Waals surface area contributed by atoms with Crippen molar-refractivity contribution in [3.05, 3.63) is 40.7 Å². The second kappa shape index (κ2) is 8.16. The summed E-state index contributed by atoms with van der Waals surface area (Å²) in [5.74, 6) is 0.552. The highest BCUT2D eigenvalue weighted by Crippen LogP contribution is 2.28. The number of carbonyl (C=O) groups is 2. The van der Waals surface area contributed by atoms with E-state index in [0.29, 0.717) is 35.7 Å². The topological polar surface area (TPSA) is 159 Å². The van der Waals surface area contributed by atoms with Crippen LogP contribution in [0.1, 0.15) is 33.9 Å². The molecule has 0 unspecified atom stereocenters. The summed E-state index contributed by atoms with van der Waals surface area (Å²) in [6.45, 7) is 4.54. The smallest absolute Gasteiger partial charge is 0.266 e. The Hall–Kier alpha value is -4.00. The Kier molecular flexibility index (Phi) is 5.17. The first kappa shape index (κ1) is 20.9. The molecule has 4 aromatic rings. The zero-order valence-corrected chi connectivity index (χ0v) is 18.8. The van der Waals surface area contributed by atoms with Gasteiger partial charge in [-0.05, 0) is 38.8 Å². The molecule has 13 heteroatoms. The number of rotatable bonds is 6. The quantitative estimate of drug-likeness (QED) is 0.336. The third-order valence-corrected chi connectivity index (χ3v) is 6.53. The highest BCUT2D eigenvalue weighted by atomic mass is 32.1. The molecule has 0 aromatic carbocycles. The minimum absolute atomic E-state index is 0.134. The van der Waals surface area contributed by atoms with Crippen molar-refractivity contribution in [1.29, 1.82) is 0 Å². The summed E-state index contributed by atoms with van der Waals surface area (Å²) in [6, 6.07) is 4.80. The number of nitrogens with zero attached hydrogens (tertiary/aromatic N) is 6. The van der Waals surface area contributed by atoms with Crippen molar-refractivity contribution in [1.82, 2.24) is 29.8 Å². The lowest BCUT2D eigenvalue weighted by Crippen LogP contribution is -2.40. The van der Waals surface area contributed by atoms with Gasteiger partial charge in [0.15, 0.2) is 16.8 Å². The highest BCUT2D eigenvalue weighted by molar-refractivity contribution is 7.15. The Morgan fingerprint density at radius 1 is 1.30 bits per heavy atom. The second-order valence-electron chi connectivity index (χ2n) is 7.76. The van der Waals surface area contributed by atoms with E-state index in [4.69, 9.17) is 5.73 Å². The number of thiazole rings is 1. The van der Waals surface area contributed by atoms with Gasteiger partial charge in [0.05, 0.1) is 5.69 Å². The average molecular weight is 467 g/mol. The molecular formula is C20H22N10O2S. The summed E-state index contributed by atoms with van der Waals surface area (Å²) in [7, 11) is 0. The lowest BCUT2D eigenvalue weighted by molar-refractivity contribution is -0.117. The van der Waals surface area contributed by atoms with Gasteiger partial charge in [-0.15, -0.1) is 16.4 Å². The number of primary amides is 1. The molecule has 1 aliphatic heterocycles. The molecule has 12 nitrogen and oxygen atoms in total. The van der Waals surface area contributed by atoms with Crippen LogP contribution in [0.4, 0.5) is 22.7 Å². The van der Waals surface area contributed by atoms with E-state index in [2.05, 4.69) is 35.9 Å². The van der Waals surface area contributed by atoms with Crippen molar-refractivity contribution in [2.24, 2.45) is 5.73 Å². The van der Waals surface area contributed by atoms with E-state index in [0.717, 1.165) is 22.5 Å². The third kappa shape index (κ3) is 3.98. The third-order valence-electron chi connectivity index (χ3n) is 5.54. The standard InChI is InChI=1S/C20H22N10O2S/c1-10-11(2)33-20(22-10)25-18(32)14-6-3-7-29(14)19-24-17(13-5-4-8-30(13)28-19)23-15-9-12(16(21)31)26-27-15/h4-5,8-9,14H,3,6-7H2,1-2H3,(H2,21,31)(H,22,25,32)(H2,23,24,26,27,28)/t14-/m0/s1. The van der Waals surface area contributed by atoms with Gasteiger partial charge in [-0.1, -0.05) is 0 Å². The highest BCUT2D eigenvalue weighted by Gasteiger charge is 2.33. The Balaban J connectivity index is 1.43. The molecule has 33 heavy (non-hydrogen) atoms. The van der Waals surface area contributed by atoms with E-state index >= 15 is 0 Å². The Labute approximate surface area is 192 Å². The van der Waals surface area contributed by atoms with Crippen LogP contribution in [0.5, 0.6) is 0 Å². The van der Waals surface area contributed by atoms with Gasteiger partial charge in [0.2, 0.25) is 11.9 Å². The van der Waals surface area contributed by atoms with Gasteiger partial charge in [-0.25, -0.2) is 9.50 Å². The molecule has 1 aliphatic rings. The minimum Gasteiger partial charge on any atom is -0.364 e. The zero-order valence-electron chi connectivity index (χ0n) is 18.0. The van der Waals surface area contributed by atoms with E-state index < -0.39 is 11.9 Å². The fraction of sp³-hybridized carbons (Fsp3) is 0.300. The molecule has 1 atom stereocenters. The lowest BCUT2D eigenvalue weighted by Gasteiger charge is -2.24. The molecule has 5 heterocycles. The van der Waals surface area contributed by atoms with Crippen molar-refractivity contribution in [3.63, 3.8) is 0 Å². The van der Waals surface area contributed by atoms with Crippen LogP contribution >= 0.6 is 11.3 Å². The van der Waals surface area contributed by atoms with Crippen LogP contribution in [-0.4, -0.2) is 54.2 Å². The van der Waals surface area contributed by atoms with E-state index in [1.807, 2.05) is 30.9 Å². The molecule has 2 amide bonds. The lowest BCUT2D eigenvalue weighted by atomic mass is 10.2. The molecule has 0 bridgehead atoms. The van der Waals surface area contributed by atoms with Crippen LogP contribution in [-0.2, 0) is 4.79 Å². The van der Waals surface area contributed by atoms with Gasteiger partial charge >= 0.3 is 0 Å². The van der Waals surface area contributed by atoms with Crippen molar-refractivity contribution < 1.29 is 9.59 Å². The van der Waals surface area contributed by atoms with Crippen LogP contribution in [0.2, 0.25) is 0 Å². The number of fused-ring (bicyclic) bond motifs is 1. The predicted molar refractivity (Wildman–Crippen MR) is 124 cm³/mol. The van der Waals surface area contributed by atoms with Crippen LogP contribution in [0, 0.1) is 13.8 Å². The second-order valence-corrected chi connectivity index (χ2v) is 8.96. The van der Waals surface area contributed by atoms with Gasteiger partial charge in [0, 0.05) is 23.7 Å². The van der Waals surface area contributed by atoms with Crippen LogP contribution < -0.4 is 21.3 Å². The monoisotopic (exact) mass is 466 g/mol. The SMILES string of the molecule is Cc1nc(NC(=O)[C@@H]2CCCN2c2nc(Nc3cc(C(N)=O)[nH]n3)c3cccn3n2)sc1C. The molecule has 1 fully saturated rings. The Morgan fingerprint density at radius 2 is 2.15 bits per heavy atom. The van der Waals surface area contributed by atoms with Gasteiger partial charge in [-0.2, -0.15) is 10.1 Å². The number of nitrogens with one attached hydrogen (secondary N) is 3. The van der Waals surface area contributed by atoms with Crippen molar-refractivity contribution in [3.8, 4) is 0 Å². The number of hydrogen-bond donors (Lipinski definition) is 4. The number of hydrogen-bond acceptors (Lipinski definition) is 9. The fourth-order valence-corrected chi connectivity index (χ4v) is 4.58. The van der Waals surface area contributed by atoms with Gasteiger partial charge in [-0.3, -0.25) is 14.7 Å². The van der Waals surface area contributed by atoms with Crippen molar-refractivity contribution >= 4 is 51.4 Å². The molecule has 0 aliphatic carbocycles. The Bertz CT molecular complexity index is 1340. The molecule has 0 radical (unpaired) electrons. The Morgan fingerprint density at radius 3 is 2.88 bits per heavy atom. The number of anilines is 4. The summed E-state index contributed by atoms with van der Waals surface area (Å²) in [5, 5.41) is 17.9. The maximum atomic E-state index is 13.1. The van der Waals surface area contributed by atoms with Gasteiger partial charge in [0.1, 0.15) is 17.3 Å². The normalized spacial score (nSPS) is 15.8. The molecule has 4 aromatic heterocycles. The molecular weight excluding hydrogens is 444 g/mol. The van der Waals surface area contributed by atoms with E-state index in [9.17, 15) is 9.59 Å². The first-order valence-electron chi connectivity index (χ1n) is 10.4. The van der Waals surface area contributed by atoms with Crippen LogP contribution in [0.15, 0.2) is 24.4 Å². The summed E-state index contributed by atoms with van der Waals surface area (Å²) < 4.78 is 1.69. The molecule has 0 saturated carbocycles. The molecule has 0 spiro atoms. The molecule has 1 saturated heterocycles. The summed E-state index contributed by atoms with van der Waals surface area (Å²) in [5.41, 5.74) is 7.11. The minimum atomic E-state index is -0.608. The number of amides is 2. The number of H-pyrrole nitrogens is 1. The van der Waals surface area contributed by atoms with Gasteiger partial charge in [0.25, 0.3) is 5.91 Å². The predicted octanol–water partition coefficient (Wildman–Crippen LogP) is 1.98. The first-order valence-corrected chi connectivity index (χ1v) is 11.2. The van der Waals surface area contributed by atoms with E-state index in [-0.39, 0.29) is 11.6 Å². The number of aromatic nitrogens is 6. The molecule has 170 valence electrons. The van der Waals surface area contributed by atoms with Crippen molar-refractivity contribution in [2.45, 2.75) is 32.7 Å². The van der Waals surface area contributed by atoms with E-state index in [1.54, 1.807) is 10.7 Å². The average Bonchev–Trinajstić information content (AvgIpc) is 3.55. The first-order chi connectivity index (χ1) is 15.9. The van der Waals surface area contributed by atoms with Crippen LogP contribution in [0.3, 0.4) is 0 Å². The fourth-order valence-electron chi connectivity index (χ4n) is 3.76. The number of nitrogens with two attached hydrogens (primary N) is 1. The zero-order chi connectivity index (χ0) is 23.1. The van der Waals surface area contributed by atoms with Crippen LogP contribution in [0.25, 0.3) is 5.52 Å².